The van der Waals surface area contributed by atoms with Gasteiger partial charge in [0, 0.05) is 5.92 Å². The molecule has 3 atom stereocenters. The molecule has 3 rings (SSSR count). The maximum absolute atomic E-state index is 6.45. The van der Waals surface area contributed by atoms with E-state index in [1.54, 1.807) is 0 Å². The van der Waals surface area contributed by atoms with Crippen LogP contribution in [-0.2, 0) is 9.47 Å². The first-order valence-corrected chi connectivity index (χ1v) is 10.8. The van der Waals surface area contributed by atoms with Gasteiger partial charge in [-0.3, -0.25) is 0 Å². The Morgan fingerprint density at radius 3 is 2.43 bits per heavy atom. The molecule has 0 saturated carbocycles. The highest BCUT2D eigenvalue weighted by atomic mass is 32.2. The molecular weight excluding hydrogens is 324 g/mol. The van der Waals surface area contributed by atoms with E-state index in [-0.39, 0.29) is 12.2 Å². The minimum Gasteiger partial charge on any atom is -0.347 e. The Morgan fingerprint density at radius 1 is 1.09 bits per heavy atom. The summed E-state index contributed by atoms with van der Waals surface area (Å²) in [4.78, 5) is 0. The molecule has 2 nitrogen and oxygen atoms in total. The molecule has 0 aliphatic carbocycles. The van der Waals surface area contributed by atoms with Crippen LogP contribution < -0.4 is 0 Å². The predicted molar refractivity (Wildman–Crippen MR) is 101 cm³/mol. The first-order valence-electron chi connectivity index (χ1n) is 8.74. The van der Waals surface area contributed by atoms with Crippen molar-refractivity contribution in [2.45, 2.75) is 62.6 Å². The van der Waals surface area contributed by atoms with Crippen molar-refractivity contribution in [3.05, 3.63) is 35.9 Å². The van der Waals surface area contributed by atoms with Crippen LogP contribution in [0, 0.1) is 5.92 Å². The van der Waals surface area contributed by atoms with Gasteiger partial charge in [-0.1, -0.05) is 43.7 Å². The van der Waals surface area contributed by atoms with Crippen molar-refractivity contribution in [1.82, 2.24) is 0 Å². The highest BCUT2D eigenvalue weighted by Crippen LogP contribution is 2.50. The largest absolute Gasteiger partial charge is 0.347 e. The second-order valence-electron chi connectivity index (χ2n) is 6.83. The highest BCUT2D eigenvalue weighted by Gasteiger charge is 2.47. The Kier molecular flexibility index (Phi) is 6.00. The normalized spacial score (nSPS) is 31.9. The van der Waals surface area contributed by atoms with E-state index in [1.807, 2.05) is 0 Å². The summed E-state index contributed by atoms with van der Waals surface area (Å²) < 4.78 is 13.4. The van der Waals surface area contributed by atoms with Gasteiger partial charge in [-0.25, -0.2) is 0 Å². The number of hydrogen-bond donors (Lipinski definition) is 0. The van der Waals surface area contributed by atoms with Gasteiger partial charge in [0.15, 0.2) is 5.79 Å². The Labute approximate surface area is 149 Å². The molecule has 0 radical (unpaired) electrons. The van der Waals surface area contributed by atoms with Gasteiger partial charge in [-0.05, 0) is 43.8 Å². The van der Waals surface area contributed by atoms with Crippen molar-refractivity contribution in [3.8, 4) is 0 Å². The summed E-state index contributed by atoms with van der Waals surface area (Å²) in [5, 5.41) is 0. The van der Waals surface area contributed by atoms with E-state index in [4.69, 9.17) is 9.47 Å². The first-order chi connectivity index (χ1) is 11.1. The van der Waals surface area contributed by atoms with Gasteiger partial charge in [-0.2, -0.15) is 0 Å². The number of hydrogen-bond acceptors (Lipinski definition) is 4. The monoisotopic (exact) mass is 352 g/mol. The van der Waals surface area contributed by atoms with E-state index in [0.29, 0.717) is 10.5 Å². The Bertz CT molecular complexity index is 485. The molecule has 0 bridgehead atoms. The summed E-state index contributed by atoms with van der Waals surface area (Å²) in [6.45, 7) is 6.37. The SMILES string of the molecule is CCC[C@@H]1OC(C)(C)O[C@@H](c2ccccc2)[C@H]1C1SCCCS1. The smallest absolute Gasteiger partial charge is 0.163 e. The Morgan fingerprint density at radius 2 is 1.78 bits per heavy atom. The molecular formula is C19H28O2S2. The zero-order valence-corrected chi connectivity index (χ0v) is 16.0. The van der Waals surface area contributed by atoms with E-state index >= 15 is 0 Å². The molecule has 2 saturated heterocycles. The average Bonchev–Trinajstić information content (AvgIpc) is 2.55. The lowest BCUT2D eigenvalue weighted by molar-refractivity contribution is -0.322. The quantitative estimate of drug-likeness (QED) is 0.713. The number of thioether (sulfide) groups is 2. The van der Waals surface area contributed by atoms with Crippen LogP contribution in [0.4, 0.5) is 0 Å². The van der Waals surface area contributed by atoms with Gasteiger partial charge >= 0.3 is 0 Å². The molecule has 2 fully saturated rings. The third-order valence-electron chi connectivity index (χ3n) is 4.49. The van der Waals surface area contributed by atoms with Crippen molar-refractivity contribution in [2.24, 2.45) is 5.92 Å². The number of ether oxygens (including phenoxy) is 2. The number of benzene rings is 1. The zero-order chi connectivity index (χ0) is 16.3. The molecule has 2 aliphatic rings. The van der Waals surface area contributed by atoms with Crippen LogP contribution in [0.25, 0.3) is 0 Å². The Balaban J connectivity index is 1.92. The van der Waals surface area contributed by atoms with Gasteiger partial charge in [0.05, 0.1) is 16.8 Å². The van der Waals surface area contributed by atoms with Crippen LogP contribution in [0.5, 0.6) is 0 Å². The summed E-state index contributed by atoms with van der Waals surface area (Å²) in [5.41, 5.74) is 1.29. The van der Waals surface area contributed by atoms with Gasteiger partial charge in [0.2, 0.25) is 0 Å². The van der Waals surface area contributed by atoms with Gasteiger partial charge < -0.3 is 9.47 Å². The third-order valence-corrected chi connectivity index (χ3v) is 7.64. The van der Waals surface area contributed by atoms with Gasteiger partial charge in [-0.15, -0.1) is 23.5 Å². The van der Waals surface area contributed by atoms with E-state index < -0.39 is 5.79 Å². The lowest BCUT2D eigenvalue weighted by atomic mass is 9.88. The van der Waals surface area contributed by atoms with Gasteiger partial charge in [0.1, 0.15) is 0 Å². The van der Waals surface area contributed by atoms with Crippen LogP contribution in [0.2, 0.25) is 0 Å². The highest BCUT2D eigenvalue weighted by molar-refractivity contribution is 8.17. The van der Waals surface area contributed by atoms with Crippen LogP contribution >= 0.6 is 23.5 Å². The zero-order valence-electron chi connectivity index (χ0n) is 14.4. The lowest BCUT2D eigenvalue weighted by Gasteiger charge is -2.49. The van der Waals surface area contributed by atoms with Crippen LogP contribution in [0.3, 0.4) is 0 Å². The topological polar surface area (TPSA) is 18.5 Å². The minimum atomic E-state index is -0.513. The van der Waals surface area contributed by atoms with Crippen molar-refractivity contribution >= 4 is 23.5 Å². The molecule has 1 aromatic carbocycles. The fraction of sp³-hybridized carbons (Fsp3) is 0.684. The van der Waals surface area contributed by atoms with E-state index in [9.17, 15) is 0 Å². The molecule has 0 N–H and O–H groups in total. The maximum atomic E-state index is 6.45. The standard InChI is InChI=1S/C19H28O2S2/c1-4-9-15-16(18-22-12-8-13-23-18)17(21-19(2,3)20-15)14-10-6-5-7-11-14/h5-7,10-11,15-18H,4,8-9,12-13H2,1-3H3/t15-,16-,17-/m0/s1. The molecule has 0 aromatic heterocycles. The van der Waals surface area contributed by atoms with Crippen LogP contribution in [0.1, 0.15) is 51.7 Å². The van der Waals surface area contributed by atoms with Gasteiger partial charge in [0.25, 0.3) is 0 Å². The van der Waals surface area contributed by atoms with Crippen LogP contribution in [0.15, 0.2) is 30.3 Å². The first kappa shape index (κ1) is 17.7. The Hall–Kier alpha value is -0.160. The minimum absolute atomic E-state index is 0.125. The summed E-state index contributed by atoms with van der Waals surface area (Å²) >= 11 is 4.20. The number of rotatable bonds is 4. The molecule has 23 heavy (non-hydrogen) atoms. The van der Waals surface area contributed by atoms with E-state index in [2.05, 4.69) is 74.6 Å². The summed E-state index contributed by atoms with van der Waals surface area (Å²) in [6, 6.07) is 10.7. The van der Waals surface area contributed by atoms with Crippen LogP contribution in [-0.4, -0.2) is 28.0 Å². The fourth-order valence-electron chi connectivity index (χ4n) is 3.57. The maximum Gasteiger partial charge on any atom is 0.163 e. The average molecular weight is 353 g/mol. The molecule has 1 aromatic rings. The molecule has 128 valence electrons. The van der Waals surface area contributed by atoms with Crippen molar-refractivity contribution in [1.29, 1.82) is 0 Å². The third kappa shape index (κ3) is 4.28. The molecule has 0 amide bonds. The predicted octanol–water partition coefficient (Wildman–Crippen LogP) is 5.49. The van der Waals surface area contributed by atoms with E-state index in [1.165, 1.54) is 23.5 Å². The summed E-state index contributed by atoms with van der Waals surface area (Å²) in [7, 11) is 0. The second-order valence-corrected chi connectivity index (χ2v) is 9.63. The second kappa shape index (κ2) is 7.81. The molecule has 4 heteroatoms. The molecule has 0 unspecified atom stereocenters. The molecule has 0 spiro atoms. The summed E-state index contributed by atoms with van der Waals surface area (Å²) in [5.74, 6) is 2.43. The summed E-state index contributed by atoms with van der Waals surface area (Å²) in [6.07, 6.45) is 3.98. The van der Waals surface area contributed by atoms with Crippen molar-refractivity contribution < 1.29 is 9.47 Å². The van der Waals surface area contributed by atoms with Crippen molar-refractivity contribution in [2.75, 3.05) is 11.5 Å². The van der Waals surface area contributed by atoms with E-state index in [0.717, 1.165) is 12.8 Å². The lowest BCUT2D eigenvalue weighted by Crippen LogP contribution is -2.50. The van der Waals surface area contributed by atoms with Crippen molar-refractivity contribution in [3.63, 3.8) is 0 Å². The molecule has 2 aliphatic heterocycles. The molecule has 2 heterocycles. The fourth-order valence-corrected chi connectivity index (χ4v) is 6.88.